The summed E-state index contributed by atoms with van der Waals surface area (Å²) < 4.78 is 5.13. The van der Waals surface area contributed by atoms with E-state index in [-0.39, 0.29) is 11.1 Å². The topological polar surface area (TPSA) is 41.8 Å². The number of oxime groups is 1. The highest BCUT2D eigenvalue weighted by atomic mass is 35.5. The van der Waals surface area contributed by atoms with E-state index in [1.54, 1.807) is 7.11 Å². The van der Waals surface area contributed by atoms with Gasteiger partial charge in [0.1, 0.15) is 5.75 Å². The van der Waals surface area contributed by atoms with Gasteiger partial charge >= 0.3 is 0 Å². The number of hydrogen-bond donors (Lipinski definition) is 1. The van der Waals surface area contributed by atoms with Crippen molar-refractivity contribution in [2.24, 2.45) is 5.16 Å². The maximum atomic E-state index is 8.96. The average Bonchev–Trinajstić information content (AvgIpc) is 2.49. The van der Waals surface area contributed by atoms with Crippen molar-refractivity contribution >= 4 is 16.8 Å². The highest BCUT2D eigenvalue weighted by Gasteiger charge is 2.19. The van der Waals surface area contributed by atoms with Crippen molar-refractivity contribution in [2.45, 2.75) is 5.92 Å². The first-order valence-electron chi connectivity index (χ1n) is 5.82. The molecule has 3 nitrogen and oxygen atoms in total. The standard InChI is InChI=1S/C15H14ClNO2/c1-19-13-9-7-12(8-10-13)14(15(16)17-18)11-5-3-2-4-6-11/h2-10,14,18H,1H3/b17-15-/t14-/m1/s1. The van der Waals surface area contributed by atoms with Crippen molar-refractivity contribution < 1.29 is 9.94 Å². The van der Waals surface area contributed by atoms with E-state index in [2.05, 4.69) is 5.16 Å². The van der Waals surface area contributed by atoms with Crippen molar-refractivity contribution in [3.63, 3.8) is 0 Å². The molecule has 0 saturated heterocycles. The Labute approximate surface area is 117 Å². The molecule has 2 rings (SSSR count). The molecule has 1 atom stereocenters. The van der Waals surface area contributed by atoms with Crippen LogP contribution in [0.3, 0.4) is 0 Å². The normalized spacial score (nSPS) is 13.1. The zero-order chi connectivity index (χ0) is 13.7. The van der Waals surface area contributed by atoms with Crippen LogP contribution in [0.1, 0.15) is 17.0 Å². The van der Waals surface area contributed by atoms with Gasteiger partial charge in [0.25, 0.3) is 0 Å². The minimum atomic E-state index is -0.279. The molecule has 1 N–H and O–H groups in total. The Morgan fingerprint density at radius 1 is 1.05 bits per heavy atom. The third kappa shape index (κ3) is 3.06. The summed E-state index contributed by atoms with van der Waals surface area (Å²) in [7, 11) is 1.62. The lowest BCUT2D eigenvalue weighted by Gasteiger charge is -2.15. The lowest BCUT2D eigenvalue weighted by Crippen LogP contribution is -2.09. The fourth-order valence-corrected chi connectivity index (χ4v) is 2.22. The Morgan fingerprint density at radius 2 is 1.63 bits per heavy atom. The van der Waals surface area contributed by atoms with Gasteiger partial charge < -0.3 is 9.94 Å². The Balaban J connectivity index is 2.43. The van der Waals surface area contributed by atoms with Crippen LogP contribution in [-0.4, -0.2) is 17.5 Å². The molecule has 0 bridgehead atoms. The van der Waals surface area contributed by atoms with Gasteiger partial charge in [0, 0.05) is 0 Å². The van der Waals surface area contributed by atoms with Crippen LogP contribution in [0.2, 0.25) is 0 Å². The van der Waals surface area contributed by atoms with Crippen LogP contribution in [0.5, 0.6) is 5.75 Å². The maximum absolute atomic E-state index is 8.96. The van der Waals surface area contributed by atoms with Crippen LogP contribution < -0.4 is 4.74 Å². The van der Waals surface area contributed by atoms with Crippen molar-refractivity contribution in [1.29, 1.82) is 0 Å². The number of rotatable bonds is 4. The molecule has 0 saturated carbocycles. The van der Waals surface area contributed by atoms with E-state index >= 15 is 0 Å². The number of methoxy groups -OCH3 is 1. The summed E-state index contributed by atoms with van der Waals surface area (Å²) in [6, 6.07) is 17.2. The zero-order valence-electron chi connectivity index (χ0n) is 10.5. The van der Waals surface area contributed by atoms with Gasteiger partial charge in [-0.3, -0.25) is 0 Å². The summed E-state index contributed by atoms with van der Waals surface area (Å²) in [5.41, 5.74) is 1.91. The first-order valence-corrected chi connectivity index (χ1v) is 6.20. The summed E-state index contributed by atoms with van der Waals surface area (Å²) in [4.78, 5) is 0. The maximum Gasteiger partial charge on any atom is 0.157 e. The fraction of sp³-hybridized carbons (Fsp3) is 0.133. The molecule has 0 fully saturated rings. The Morgan fingerprint density at radius 3 is 2.16 bits per heavy atom. The molecule has 0 radical (unpaired) electrons. The average molecular weight is 276 g/mol. The molecule has 0 aliphatic heterocycles. The smallest absolute Gasteiger partial charge is 0.157 e. The van der Waals surface area contributed by atoms with E-state index in [4.69, 9.17) is 21.5 Å². The van der Waals surface area contributed by atoms with Crippen LogP contribution in [0, 0.1) is 0 Å². The molecule has 2 aromatic rings. The fourth-order valence-electron chi connectivity index (χ4n) is 1.97. The number of ether oxygens (including phenoxy) is 1. The molecular formula is C15H14ClNO2. The first-order chi connectivity index (χ1) is 9.26. The molecule has 0 aromatic heterocycles. The summed E-state index contributed by atoms with van der Waals surface area (Å²) in [6.45, 7) is 0. The summed E-state index contributed by atoms with van der Waals surface area (Å²) in [5.74, 6) is 0.492. The number of benzene rings is 2. The molecule has 19 heavy (non-hydrogen) atoms. The molecule has 98 valence electrons. The number of nitrogens with zero attached hydrogens (tertiary/aromatic N) is 1. The zero-order valence-corrected chi connectivity index (χ0v) is 11.2. The molecule has 0 spiro atoms. The van der Waals surface area contributed by atoms with Gasteiger partial charge in [0.05, 0.1) is 13.0 Å². The van der Waals surface area contributed by atoms with Gasteiger partial charge in [-0.05, 0) is 23.3 Å². The summed E-state index contributed by atoms with van der Waals surface area (Å²) in [5, 5.41) is 12.2. The van der Waals surface area contributed by atoms with Gasteiger partial charge in [-0.25, -0.2) is 0 Å². The highest BCUT2D eigenvalue weighted by Crippen LogP contribution is 2.29. The second-order valence-corrected chi connectivity index (χ2v) is 4.43. The van der Waals surface area contributed by atoms with E-state index in [0.717, 1.165) is 16.9 Å². The van der Waals surface area contributed by atoms with Gasteiger partial charge in [0.2, 0.25) is 0 Å². The second kappa shape index (κ2) is 6.25. The van der Waals surface area contributed by atoms with E-state index in [1.807, 2.05) is 54.6 Å². The van der Waals surface area contributed by atoms with E-state index in [1.165, 1.54) is 0 Å². The Hall–Kier alpha value is -2.00. The molecule has 4 heteroatoms. The largest absolute Gasteiger partial charge is 0.497 e. The van der Waals surface area contributed by atoms with Crippen LogP contribution in [-0.2, 0) is 0 Å². The monoisotopic (exact) mass is 275 g/mol. The minimum absolute atomic E-state index is 0.136. The molecule has 0 aliphatic rings. The van der Waals surface area contributed by atoms with Crippen molar-refractivity contribution in [3.05, 3.63) is 65.7 Å². The van der Waals surface area contributed by atoms with Crippen LogP contribution in [0.4, 0.5) is 0 Å². The van der Waals surface area contributed by atoms with Gasteiger partial charge in [0.15, 0.2) is 5.17 Å². The Bertz CT molecular complexity index is 552. The summed E-state index contributed by atoms with van der Waals surface area (Å²) in [6.07, 6.45) is 0. The molecule has 0 heterocycles. The third-order valence-corrected chi connectivity index (χ3v) is 3.21. The van der Waals surface area contributed by atoms with E-state index < -0.39 is 0 Å². The van der Waals surface area contributed by atoms with Crippen molar-refractivity contribution in [3.8, 4) is 5.75 Å². The van der Waals surface area contributed by atoms with Crippen LogP contribution in [0.25, 0.3) is 0 Å². The Kier molecular flexibility index (Phi) is 4.42. The molecule has 2 aromatic carbocycles. The SMILES string of the molecule is COc1ccc([C@H](/C(Cl)=N/O)c2ccccc2)cc1. The van der Waals surface area contributed by atoms with Gasteiger partial charge in [-0.15, -0.1) is 0 Å². The minimum Gasteiger partial charge on any atom is -0.497 e. The predicted molar refractivity (Wildman–Crippen MR) is 76.4 cm³/mol. The quantitative estimate of drug-likeness (QED) is 0.523. The van der Waals surface area contributed by atoms with Crippen molar-refractivity contribution in [2.75, 3.05) is 7.11 Å². The highest BCUT2D eigenvalue weighted by molar-refractivity contribution is 6.66. The second-order valence-electron chi connectivity index (χ2n) is 4.04. The lowest BCUT2D eigenvalue weighted by atomic mass is 9.92. The van der Waals surface area contributed by atoms with E-state index in [0.29, 0.717) is 0 Å². The van der Waals surface area contributed by atoms with Crippen molar-refractivity contribution in [1.82, 2.24) is 0 Å². The molecule has 0 aliphatic carbocycles. The van der Waals surface area contributed by atoms with Gasteiger partial charge in [-0.1, -0.05) is 59.2 Å². The van der Waals surface area contributed by atoms with Gasteiger partial charge in [-0.2, -0.15) is 0 Å². The first kappa shape index (κ1) is 13.4. The number of halogens is 1. The molecule has 0 unspecified atom stereocenters. The van der Waals surface area contributed by atoms with Crippen LogP contribution in [0.15, 0.2) is 59.8 Å². The van der Waals surface area contributed by atoms with Crippen LogP contribution >= 0.6 is 11.6 Å². The molecular weight excluding hydrogens is 262 g/mol. The number of hydrogen-bond acceptors (Lipinski definition) is 3. The third-order valence-electron chi connectivity index (χ3n) is 2.92. The lowest BCUT2D eigenvalue weighted by molar-refractivity contribution is 0.319. The predicted octanol–water partition coefficient (Wildman–Crippen LogP) is 3.85. The summed E-state index contributed by atoms with van der Waals surface area (Å²) >= 11 is 6.04. The van der Waals surface area contributed by atoms with E-state index in [9.17, 15) is 0 Å². The molecule has 0 amide bonds.